The van der Waals surface area contributed by atoms with Crippen LogP contribution in [0.2, 0.25) is 0 Å². The number of rotatable bonds is 4. The summed E-state index contributed by atoms with van der Waals surface area (Å²) in [5.74, 6) is -1.06. The number of halogens is 1. The zero-order valence-corrected chi connectivity index (χ0v) is 14.6. The minimum Gasteiger partial charge on any atom is -0.494 e. The van der Waals surface area contributed by atoms with Gasteiger partial charge in [-0.2, -0.15) is 0 Å². The Morgan fingerprint density at radius 1 is 1.12 bits per heavy atom. The molecule has 3 rings (SSSR count). The molecule has 0 aromatic heterocycles. The standard InChI is InChI=1S/C19H25FN2O3/c1-25-17-9-8-13(12-16(17)20)21-18(23)14-6-2-3-7-15(14)19(24)22-10-4-5-11-22/h8-9,12,14-15H,2-7,10-11H2,1H3,(H,21,23)/t14-,15+/m0/s1. The fourth-order valence-corrected chi connectivity index (χ4v) is 3.89. The Bertz CT molecular complexity index is 644. The van der Waals surface area contributed by atoms with Crippen molar-refractivity contribution in [2.75, 3.05) is 25.5 Å². The summed E-state index contributed by atoms with van der Waals surface area (Å²) in [5.41, 5.74) is 0.390. The van der Waals surface area contributed by atoms with E-state index < -0.39 is 5.82 Å². The first-order valence-electron chi connectivity index (χ1n) is 9.03. The van der Waals surface area contributed by atoms with Gasteiger partial charge in [0.1, 0.15) is 0 Å². The number of nitrogens with one attached hydrogen (secondary N) is 1. The minimum atomic E-state index is -0.520. The number of methoxy groups -OCH3 is 1. The third-order valence-electron chi connectivity index (χ3n) is 5.26. The van der Waals surface area contributed by atoms with Crippen molar-refractivity contribution in [3.8, 4) is 5.75 Å². The lowest BCUT2D eigenvalue weighted by Gasteiger charge is -2.32. The van der Waals surface area contributed by atoms with Gasteiger partial charge < -0.3 is 15.0 Å². The SMILES string of the molecule is COc1ccc(NC(=O)[C@H]2CCCC[C@H]2C(=O)N2CCCC2)cc1F. The highest BCUT2D eigenvalue weighted by molar-refractivity contribution is 5.96. The predicted octanol–water partition coefficient (Wildman–Crippen LogP) is 3.20. The van der Waals surface area contributed by atoms with E-state index in [1.165, 1.54) is 19.2 Å². The Kier molecular flexibility index (Phi) is 5.56. The predicted molar refractivity (Wildman–Crippen MR) is 92.8 cm³/mol. The van der Waals surface area contributed by atoms with Crippen LogP contribution in [0.25, 0.3) is 0 Å². The summed E-state index contributed by atoms with van der Waals surface area (Å²) in [6, 6.07) is 4.34. The van der Waals surface area contributed by atoms with Crippen molar-refractivity contribution < 1.29 is 18.7 Å². The third-order valence-corrected chi connectivity index (χ3v) is 5.26. The normalized spacial score (nSPS) is 23.4. The van der Waals surface area contributed by atoms with Crippen molar-refractivity contribution in [2.45, 2.75) is 38.5 Å². The quantitative estimate of drug-likeness (QED) is 0.909. The largest absolute Gasteiger partial charge is 0.494 e. The lowest BCUT2D eigenvalue weighted by atomic mass is 9.77. The fourth-order valence-electron chi connectivity index (χ4n) is 3.89. The zero-order chi connectivity index (χ0) is 17.8. The van der Waals surface area contributed by atoms with E-state index in [1.807, 2.05) is 4.90 Å². The molecule has 5 nitrogen and oxygen atoms in total. The number of ether oxygens (including phenoxy) is 1. The van der Waals surface area contributed by atoms with Crippen LogP contribution in [-0.4, -0.2) is 36.9 Å². The molecule has 0 radical (unpaired) electrons. The van der Waals surface area contributed by atoms with Crippen LogP contribution in [0.1, 0.15) is 38.5 Å². The maximum absolute atomic E-state index is 13.8. The molecular weight excluding hydrogens is 323 g/mol. The van der Waals surface area contributed by atoms with Crippen LogP contribution >= 0.6 is 0 Å². The van der Waals surface area contributed by atoms with Crippen LogP contribution in [0.15, 0.2) is 18.2 Å². The van der Waals surface area contributed by atoms with E-state index in [0.717, 1.165) is 45.2 Å². The Labute approximate surface area is 147 Å². The van der Waals surface area contributed by atoms with Crippen LogP contribution in [0.3, 0.4) is 0 Å². The summed E-state index contributed by atoms with van der Waals surface area (Å²) in [4.78, 5) is 27.4. The number of nitrogens with zero attached hydrogens (tertiary/aromatic N) is 1. The van der Waals surface area contributed by atoms with Crippen molar-refractivity contribution in [1.82, 2.24) is 4.90 Å². The lowest BCUT2D eigenvalue weighted by molar-refractivity contribution is -0.141. The zero-order valence-electron chi connectivity index (χ0n) is 14.6. The molecule has 2 fully saturated rings. The molecule has 136 valence electrons. The summed E-state index contributed by atoms with van der Waals surface area (Å²) < 4.78 is 18.7. The molecule has 25 heavy (non-hydrogen) atoms. The van der Waals surface area contributed by atoms with Crippen LogP contribution in [0, 0.1) is 17.7 Å². The van der Waals surface area contributed by atoms with Gasteiger partial charge in [-0.3, -0.25) is 9.59 Å². The summed E-state index contributed by atoms with van der Waals surface area (Å²) in [6.45, 7) is 1.60. The molecule has 1 saturated carbocycles. The van der Waals surface area contributed by atoms with Crippen LogP contribution in [-0.2, 0) is 9.59 Å². The number of carbonyl (C=O) groups is 2. The molecule has 1 saturated heterocycles. The van der Waals surface area contributed by atoms with Crippen molar-refractivity contribution >= 4 is 17.5 Å². The van der Waals surface area contributed by atoms with Crippen LogP contribution < -0.4 is 10.1 Å². The maximum atomic E-state index is 13.8. The third kappa shape index (κ3) is 3.94. The van der Waals surface area contributed by atoms with Gasteiger partial charge in [-0.05, 0) is 37.8 Å². The second-order valence-corrected chi connectivity index (χ2v) is 6.87. The molecule has 2 atom stereocenters. The molecule has 1 heterocycles. The number of likely N-dealkylation sites (tertiary alicyclic amines) is 1. The first-order chi connectivity index (χ1) is 12.1. The highest BCUT2D eigenvalue weighted by Crippen LogP contribution is 2.33. The first kappa shape index (κ1) is 17.7. The summed E-state index contributed by atoms with van der Waals surface area (Å²) in [5, 5.41) is 2.77. The van der Waals surface area contributed by atoms with Crippen molar-refractivity contribution in [2.24, 2.45) is 11.8 Å². The smallest absolute Gasteiger partial charge is 0.228 e. The second-order valence-electron chi connectivity index (χ2n) is 6.87. The van der Waals surface area contributed by atoms with E-state index in [1.54, 1.807) is 6.07 Å². The van der Waals surface area contributed by atoms with Gasteiger partial charge in [0.2, 0.25) is 11.8 Å². The molecule has 0 unspecified atom stereocenters. The minimum absolute atomic E-state index is 0.110. The fraction of sp³-hybridized carbons (Fsp3) is 0.579. The van der Waals surface area contributed by atoms with Crippen LogP contribution in [0.4, 0.5) is 10.1 Å². The molecule has 1 aromatic carbocycles. The highest BCUT2D eigenvalue weighted by atomic mass is 19.1. The maximum Gasteiger partial charge on any atom is 0.228 e. The molecule has 2 aliphatic rings. The second kappa shape index (κ2) is 7.85. The van der Waals surface area contributed by atoms with E-state index in [9.17, 15) is 14.0 Å². The number of carbonyl (C=O) groups excluding carboxylic acids is 2. The highest BCUT2D eigenvalue weighted by Gasteiger charge is 2.38. The molecule has 0 spiro atoms. The van der Waals surface area contributed by atoms with E-state index in [-0.39, 0.29) is 29.4 Å². The number of hydrogen-bond acceptors (Lipinski definition) is 3. The van der Waals surface area contributed by atoms with Gasteiger partial charge in [-0.1, -0.05) is 12.8 Å². The molecule has 1 aromatic rings. The van der Waals surface area contributed by atoms with Gasteiger partial charge in [0, 0.05) is 36.7 Å². The lowest BCUT2D eigenvalue weighted by Crippen LogP contribution is -2.42. The number of amides is 2. The molecule has 0 bridgehead atoms. The Morgan fingerprint density at radius 3 is 2.44 bits per heavy atom. The van der Waals surface area contributed by atoms with E-state index in [2.05, 4.69) is 5.32 Å². The van der Waals surface area contributed by atoms with Gasteiger partial charge in [0.15, 0.2) is 11.6 Å². The van der Waals surface area contributed by atoms with Crippen molar-refractivity contribution in [3.05, 3.63) is 24.0 Å². The molecular formula is C19H25FN2O3. The Hall–Kier alpha value is -2.11. The molecule has 2 amide bonds. The summed E-state index contributed by atoms with van der Waals surface area (Å²) in [6.07, 6.45) is 5.46. The van der Waals surface area contributed by atoms with Gasteiger partial charge in [-0.15, -0.1) is 0 Å². The Morgan fingerprint density at radius 2 is 1.80 bits per heavy atom. The summed E-state index contributed by atoms with van der Waals surface area (Å²) >= 11 is 0. The summed E-state index contributed by atoms with van der Waals surface area (Å²) in [7, 11) is 1.40. The molecule has 6 heteroatoms. The number of hydrogen-bond donors (Lipinski definition) is 1. The topological polar surface area (TPSA) is 58.6 Å². The number of benzene rings is 1. The van der Waals surface area contributed by atoms with E-state index in [4.69, 9.17) is 4.74 Å². The molecule has 1 aliphatic carbocycles. The van der Waals surface area contributed by atoms with Gasteiger partial charge in [0.25, 0.3) is 0 Å². The van der Waals surface area contributed by atoms with E-state index >= 15 is 0 Å². The average Bonchev–Trinajstić information content (AvgIpc) is 3.16. The van der Waals surface area contributed by atoms with E-state index in [0.29, 0.717) is 12.1 Å². The van der Waals surface area contributed by atoms with Crippen molar-refractivity contribution in [3.63, 3.8) is 0 Å². The molecule has 1 N–H and O–H groups in total. The molecule has 1 aliphatic heterocycles. The Balaban J connectivity index is 1.70. The van der Waals surface area contributed by atoms with Crippen LogP contribution in [0.5, 0.6) is 5.75 Å². The van der Waals surface area contributed by atoms with Crippen molar-refractivity contribution in [1.29, 1.82) is 0 Å². The average molecular weight is 348 g/mol. The van der Waals surface area contributed by atoms with Gasteiger partial charge in [0.05, 0.1) is 7.11 Å². The first-order valence-corrected chi connectivity index (χ1v) is 9.03. The number of anilines is 1. The van der Waals surface area contributed by atoms with Gasteiger partial charge in [-0.25, -0.2) is 4.39 Å². The monoisotopic (exact) mass is 348 g/mol. The van der Waals surface area contributed by atoms with Gasteiger partial charge >= 0.3 is 0 Å².